The number of hydrogen-bond acceptors (Lipinski definition) is 3. The van der Waals surface area contributed by atoms with Crippen LogP contribution in [0.3, 0.4) is 0 Å². The first-order valence-electron chi connectivity index (χ1n) is 9.66. The molecule has 2 aromatic rings. The first-order chi connectivity index (χ1) is 12.6. The lowest BCUT2D eigenvalue weighted by Gasteiger charge is -2.29. The minimum absolute atomic E-state index is 0.0288. The summed E-state index contributed by atoms with van der Waals surface area (Å²) in [5.41, 5.74) is 1.26. The fourth-order valence-electron chi connectivity index (χ4n) is 4.58. The van der Waals surface area contributed by atoms with Crippen molar-refractivity contribution in [2.75, 3.05) is 0 Å². The summed E-state index contributed by atoms with van der Waals surface area (Å²) in [7, 11) is 0. The standard InChI is InChI=1S/C23H26O3/c1-15-14-22(20-12-6-5-10-18(15)20)26-23(24)16(2)25-21-13-7-9-17-8-3-4-11-19(17)21/h3-4,7-9,11,13,16,18,20,22H,1,5-6,10,12,14H2,2H3/t16-,18-,20-,22-/m1/s1. The van der Waals surface area contributed by atoms with E-state index in [0.717, 1.165) is 29.4 Å². The molecule has 0 aliphatic heterocycles. The molecule has 136 valence electrons. The summed E-state index contributed by atoms with van der Waals surface area (Å²) in [6.45, 7) is 5.99. The first-order valence-corrected chi connectivity index (χ1v) is 9.66. The van der Waals surface area contributed by atoms with E-state index in [1.54, 1.807) is 6.92 Å². The summed E-state index contributed by atoms with van der Waals surface area (Å²) in [6, 6.07) is 13.9. The van der Waals surface area contributed by atoms with Crippen molar-refractivity contribution in [3.63, 3.8) is 0 Å². The zero-order chi connectivity index (χ0) is 18.1. The SMILES string of the molecule is C=C1C[C@@H](OC(=O)[C@@H](C)Oc2cccc3ccccc23)[C@@H]2CCCC[C@H]12. The van der Waals surface area contributed by atoms with Crippen LogP contribution < -0.4 is 4.74 Å². The third-order valence-corrected chi connectivity index (χ3v) is 5.94. The number of carbonyl (C=O) groups is 1. The van der Waals surface area contributed by atoms with Crippen molar-refractivity contribution in [3.05, 3.63) is 54.6 Å². The highest BCUT2D eigenvalue weighted by Crippen LogP contribution is 2.46. The fraction of sp³-hybridized carbons (Fsp3) is 0.435. The molecule has 0 N–H and O–H groups in total. The Kier molecular flexibility index (Phi) is 4.71. The molecule has 0 spiro atoms. The molecular weight excluding hydrogens is 324 g/mol. The summed E-state index contributed by atoms with van der Waals surface area (Å²) in [4.78, 5) is 12.6. The molecule has 4 atom stereocenters. The molecule has 2 aliphatic rings. The maximum Gasteiger partial charge on any atom is 0.347 e. The summed E-state index contributed by atoms with van der Waals surface area (Å²) >= 11 is 0. The second kappa shape index (κ2) is 7.14. The number of esters is 1. The van der Waals surface area contributed by atoms with Gasteiger partial charge in [-0.2, -0.15) is 0 Å². The van der Waals surface area contributed by atoms with Crippen LogP contribution in [0.1, 0.15) is 39.0 Å². The van der Waals surface area contributed by atoms with E-state index in [1.165, 1.54) is 24.8 Å². The Morgan fingerprint density at radius 2 is 1.88 bits per heavy atom. The van der Waals surface area contributed by atoms with Crippen LogP contribution in [0.15, 0.2) is 54.6 Å². The predicted octanol–water partition coefficient (Wildman–Crippen LogP) is 5.29. The van der Waals surface area contributed by atoms with Gasteiger partial charge in [0.05, 0.1) is 0 Å². The molecule has 2 saturated carbocycles. The van der Waals surface area contributed by atoms with Gasteiger partial charge in [0.15, 0.2) is 6.10 Å². The normalized spacial score (nSPS) is 26.3. The van der Waals surface area contributed by atoms with E-state index < -0.39 is 6.10 Å². The predicted molar refractivity (Wildman–Crippen MR) is 103 cm³/mol. The van der Waals surface area contributed by atoms with Crippen molar-refractivity contribution in [2.45, 2.75) is 51.2 Å². The summed E-state index contributed by atoms with van der Waals surface area (Å²) < 4.78 is 11.8. The summed E-state index contributed by atoms with van der Waals surface area (Å²) in [6.07, 6.45) is 4.98. The van der Waals surface area contributed by atoms with Crippen molar-refractivity contribution >= 4 is 16.7 Å². The summed E-state index contributed by atoms with van der Waals surface area (Å²) in [5.74, 6) is 1.43. The number of hydrogen-bond donors (Lipinski definition) is 0. The van der Waals surface area contributed by atoms with Crippen LogP contribution in [0, 0.1) is 11.8 Å². The highest BCUT2D eigenvalue weighted by molar-refractivity contribution is 5.88. The average Bonchev–Trinajstić information content (AvgIpc) is 2.98. The van der Waals surface area contributed by atoms with Gasteiger partial charge in [0.1, 0.15) is 11.9 Å². The van der Waals surface area contributed by atoms with Crippen molar-refractivity contribution in [1.82, 2.24) is 0 Å². The van der Waals surface area contributed by atoms with Crippen LogP contribution in [0.4, 0.5) is 0 Å². The number of ether oxygens (including phenoxy) is 2. The number of rotatable bonds is 4. The van der Waals surface area contributed by atoms with Crippen molar-refractivity contribution in [3.8, 4) is 5.75 Å². The monoisotopic (exact) mass is 350 g/mol. The lowest BCUT2D eigenvalue weighted by molar-refractivity contribution is -0.159. The Morgan fingerprint density at radius 3 is 2.77 bits per heavy atom. The number of fused-ring (bicyclic) bond motifs is 2. The Bertz CT molecular complexity index is 820. The Labute approximate surface area is 155 Å². The Morgan fingerprint density at radius 1 is 1.12 bits per heavy atom. The van der Waals surface area contributed by atoms with Gasteiger partial charge in [0.2, 0.25) is 0 Å². The van der Waals surface area contributed by atoms with Gasteiger partial charge in [-0.05, 0) is 37.1 Å². The molecule has 4 rings (SSSR count). The third-order valence-electron chi connectivity index (χ3n) is 5.94. The van der Waals surface area contributed by atoms with Crippen molar-refractivity contribution in [2.24, 2.45) is 11.8 Å². The molecule has 2 fully saturated rings. The minimum Gasteiger partial charge on any atom is -0.478 e. The van der Waals surface area contributed by atoms with Crippen molar-refractivity contribution in [1.29, 1.82) is 0 Å². The molecule has 0 heterocycles. The highest BCUT2D eigenvalue weighted by atomic mass is 16.6. The zero-order valence-corrected chi connectivity index (χ0v) is 15.3. The van der Waals surface area contributed by atoms with Crippen LogP contribution >= 0.6 is 0 Å². The van der Waals surface area contributed by atoms with Crippen LogP contribution in [-0.2, 0) is 9.53 Å². The second-order valence-corrected chi connectivity index (χ2v) is 7.63. The largest absolute Gasteiger partial charge is 0.478 e. The molecule has 0 amide bonds. The van der Waals surface area contributed by atoms with Crippen LogP contribution in [0.5, 0.6) is 5.75 Å². The molecule has 26 heavy (non-hydrogen) atoms. The lowest BCUT2D eigenvalue weighted by Crippen LogP contribution is -2.33. The summed E-state index contributed by atoms with van der Waals surface area (Å²) in [5, 5.41) is 2.11. The quantitative estimate of drug-likeness (QED) is 0.555. The molecule has 0 bridgehead atoms. The topological polar surface area (TPSA) is 35.5 Å². The molecule has 0 radical (unpaired) electrons. The molecule has 3 nitrogen and oxygen atoms in total. The maximum absolute atomic E-state index is 12.6. The van der Waals surface area contributed by atoms with Crippen LogP contribution in [-0.4, -0.2) is 18.2 Å². The number of carbonyl (C=O) groups excluding carboxylic acids is 1. The van der Waals surface area contributed by atoms with Gasteiger partial charge in [-0.15, -0.1) is 0 Å². The van der Waals surface area contributed by atoms with Gasteiger partial charge in [-0.25, -0.2) is 4.79 Å². The van der Waals surface area contributed by atoms with E-state index in [2.05, 4.69) is 6.58 Å². The second-order valence-electron chi connectivity index (χ2n) is 7.63. The van der Waals surface area contributed by atoms with E-state index >= 15 is 0 Å². The highest BCUT2D eigenvalue weighted by Gasteiger charge is 2.42. The molecule has 2 aromatic carbocycles. The average molecular weight is 350 g/mol. The van der Waals surface area contributed by atoms with Gasteiger partial charge in [-0.1, -0.05) is 61.4 Å². The van der Waals surface area contributed by atoms with Gasteiger partial charge >= 0.3 is 5.97 Å². The van der Waals surface area contributed by atoms with Crippen LogP contribution in [0.25, 0.3) is 10.8 Å². The zero-order valence-electron chi connectivity index (χ0n) is 15.3. The Balaban J connectivity index is 1.44. The van der Waals surface area contributed by atoms with Gasteiger partial charge in [0.25, 0.3) is 0 Å². The number of benzene rings is 2. The first kappa shape index (κ1) is 17.1. The molecule has 3 heteroatoms. The fourth-order valence-corrected chi connectivity index (χ4v) is 4.58. The maximum atomic E-state index is 12.6. The van der Waals surface area contributed by atoms with E-state index in [9.17, 15) is 4.79 Å². The van der Waals surface area contributed by atoms with Crippen LogP contribution in [0.2, 0.25) is 0 Å². The Hall–Kier alpha value is -2.29. The van der Waals surface area contributed by atoms with E-state index in [1.807, 2.05) is 42.5 Å². The van der Waals surface area contributed by atoms with Gasteiger partial charge < -0.3 is 9.47 Å². The lowest BCUT2D eigenvalue weighted by atomic mass is 9.80. The third kappa shape index (κ3) is 3.23. The molecular formula is C23H26O3. The molecule has 2 aliphatic carbocycles. The van der Waals surface area contributed by atoms with Gasteiger partial charge in [-0.3, -0.25) is 0 Å². The van der Waals surface area contributed by atoms with Gasteiger partial charge in [0, 0.05) is 17.7 Å². The minimum atomic E-state index is -0.628. The van der Waals surface area contributed by atoms with E-state index in [4.69, 9.17) is 9.47 Å². The molecule has 0 unspecified atom stereocenters. The van der Waals surface area contributed by atoms with Crippen molar-refractivity contribution < 1.29 is 14.3 Å². The van der Waals surface area contributed by atoms with E-state index in [0.29, 0.717) is 11.8 Å². The van der Waals surface area contributed by atoms with E-state index in [-0.39, 0.29) is 12.1 Å². The smallest absolute Gasteiger partial charge is 0.347 e. The molecule has 0 saturated heterocycles. The molecule has 0 aromatic heterocycles.